The summed E-state index contributed by atoms with van der Waals surface area (Å²) in [5.74, 6) is 1.49. The lowest BCUT2D eigenvalue weighted by Gasteiger charge is -2.06. The number of oxazole rings is 1. The highest BCUT2D eigenvalue weighted by Crippen LogP contribution is 2.20. The molecule has 0 spiro atoms. The van der Waals surface area contributed by atoms with Gasteiger partial charge < -0.3 is 9.73 Å². The molecule has 1 heterocycles. The van der Waals surface area contributed by atoms with Crippen LogP contribution in [0.2, 0.25) is 0 Å². The summed E-state index contributed by atoms with van der Waals surface area (Å²) in [6.45, 7) is 2.48. The summed E-state index contributed by atoms with van der Waals surface area (Å²) in [7, 11) is 0. The van der Waals surface area contributed by atoms with Gasteiger partial charge in [-0.05, 0) is 18.2 Å². The maximum absolute atomic E-state index is 9.03. The first-order valence-corrected chi connectivity index (χ1v) is 6.39. The Balaban J connectivity index is 2.08. The molecular weight excluding hydrogens is 294 g/mol. The second-order valence-electron chi connectivity index (χ2n) is 3.73. The van der Waals surface area contributed by atoms with Crippen molar-refractivity contribution in [2.24, 2.45) is 0 Å². The Labute approximate surface area is 114 Å². The van der Waals surface area contributed by atoms with Gasteiger partial charge in [-0.3, -0.25) is 0 Å². The molecule has 0 aliphatic carbocycles. The summed E-state index contributed by atoms with van der Waals surface area (Å²) in [6, 6.07) is 7.66. The number of nitriles is 1. The van der Waals surface area contributed by atoms with E-state index in [9.17, 15) is 0 Å². The molecule has 0 fully saturated rings. The third-order valence-electron chi connectivity index (χ3n) is 2.48. The molecular formula is C13H12BrN3O. The summed E-state index contributed by atoms with van der Waals surface area (Å²) in [6.07, 6.45) is 2.55. The number of anilines is 1. The lowest BCUT2D eigenvalue weighted by Crippen LogP contribution is -2.01. The number of rotatable bonds is 4. The summed E-state index contributed by atoms with van der Waals surface area (Å²) >= 11 is 3.34. The molecule has 0 radical (unpaired) electrons. The maximum atomic E-state index is 9.03. The Morgan fingerprint density at radius 3 is 3.00 bits per heavy atom. The highest BCUT2D eigenvalue weighted by molar-refractivity contribution is 9.10. The molecule has 1 aromatic carbocycles. The van der Waals surface area contributed by atoms with Crippen LogP contribution < -0.4 is 5.32 Å². The van der Waals surface area contributed by atoms with Crippen molar-refractivity contribution in [1.82, 2.24) is 4.98 Å². The van der Waals surface area contributed by atoms with Crippen LogP contribution in [0.5, 0.6) is 0 Å². The minimum absolute atomic E-state index is 0.469. The number of halogens is 1. The molecule has 0 amide bonds. The minimum Gasteiger partial charge on any atom is -0.444 e. The molecule has 4 nitrogen and oxygen atoms in total. The Hall–Kier alpha value is -1.80. The minimum atomic E-state index is 0.469. The van der Waals surface area contributed by atoms with Crippen LogP contribution in [0.4, 0.5) is 5.69 Å². The number of nitrogens with zero attached hydrogens (tertiary/aromatic N) is 2. The lowest BCUT2D eigenvalue weighted by atomic mass is 10.2. The van der Waals surface area contributed by atoms with Crippen LogP contribution in [0.25, 0.3) is 0 Å². The summed E-state index contributed by atoms with van der Waals surface area (Å²) < 4.78 is 6.37. The predicted molar refractivity (Wildman–Crippen MR) is 72.1 cm³/mol. The Bertz CT molecular complexity index is 586. The molecule has 92 valence electrons. The third kappa shape index (κ3) is 2.90. The quantitative estimate of drug-likeness (QED) is 0.939. The van der Waals surface area contributed by atoms with Crippen LogP contribution in [0.15, 0.2) is 33.3 Å². The van der Waals surface area contributed by atoms with E-state index in [0.29, 0.717) is 18.0 Å². The van der Waals surface area contributed by atoms with Crippen molar-refractivity contribution in [3.63, 3.8) is 0 Å². The van der Waals surface area contributed by atoms with Gasteiger partial charge in [-0.1, -0.05) is 22.9 Å². The topological polar surface area (TPSA) is 61.9 Å². The summed E-state index contributed by atoms with van der Waals surface area (Å²) in [5.41, 5.74) is 1.36. The van der Waals surface area contributed by atoms with Crippen molar-refractivity contribution >= 4 is 21.6 Å². The van der Waals surface area contributed by atoms with Crippen LogP contribution in [0, 0.1) is 11.3 Å². The lowest BCUT2D eigenvalue weighted by molar-refractivity contribution is 0.466. The fourth-order valence-corrected chi connectivity index (χ4v) is 1.89. The van der Waals surface area contributed by atoms with Crippen LogP contribution in [-0.2, 0) is 13.0 Å². The molecule has 0 unspecified atom stereocenters. The first kappa shape index (κ1) is 12.7. The summed E-state index contributed by atoms with van der Waals surface area (Å²) in [4.78, 5) is 4.15. The number of benzene rings is 1. The molecule has 2 aromatic rings. The number of aryl methyl sites for hydroxylation is 1. The molecule has 2 rings (SSSR count). The second kappa shape index (κ2) is 5.69. The molecule has 18 heavy (non-hydrogen) atoms. The fraction of sp³-hybridized carbons (Fsp3) is 0.231. The van der Waals surface area contributed by atoms with Crippen LogP contribution in [-0.4, -0.2) is 4.98 Å². The monoisotopic (exact) mass is 305 g/mol. The molecule has 5 heteroatoms. The second-order valence-corrected chi connectivity index (χ2v) is 4.64. The van der Waals surface area contributed by atoms with Crippen molar-refractivity contribution in [2.45, 2.75) is 19.9 Å². The van der Waals surface area contributed by atoms with E-state index in [4.69, 9.17) is 9.68 Å². The van der Waals surface area contributed by atoms with E-state index in [-0.39, 0.29) is 0 Å². The van der Waals surface area contributed by atoms with E-state index < -0.39 is 0 Å². The van der Waals surface area contributed by atoms with E-state index in [1.165, 1.54) is 0 Å². The van der Waals surface area contributed by atoms with E-state index >= 15 is 0 Å². The van der Waals surface area contributed by atoms with Crippen molar-refractivity contribution in [3.8, 4) is 6.07 Å². The third-order valence-corrected chi connectivity index (χ3v) is 2.98. The van der Waals surface area contributed by atoms with Gasteiger partial charge in [-0.15, -0.1) is 0 Å². The Kier molecular flexibility index (Phi) is 4.00. The number of hydrogen-bond acceptors (Lipinski definition) is 4. The van der Waals surface area contributed by atoms with Crippen LogP contribution >= 0.6 is 15.9 Å². The Morgan fingerprint density at radius 1 is 1.50 bits per heavy atom. The first-order valence-electron chi connectivity index (χ1n) is 5.60. The zero-order valence-electron chi connectivity index (χ0n) is 9.90. The van der Waals surface area contributed by atoms with E-state index in [2.05, 4.69) is 32.3 Å². The maximum Gasteiger partial charge on any atom is 0.213 e. The molecule has 0 aliphatic heterocycles. The summed E-state index contributed by atoms with van der Waals surface area (Å²) in [5, 5.41) is 12.2. The van der Waals surface area contributed by atoms with Crippen LogP contribution in [0.3, 0.4) is 0 Å². The largest absolute Gasteiger partial charge is 0.444 e. The van der Waals surface area contributed by atoms with Gasteiger partial charge >= 0.3 is 0 Å². The molecule has 0 atom stereocenters. The fourth-order valence-electron chi connectivity index (χ4n) is 1.53. The van der Waals surface area contributed by atoms with Crippen molar-refractivity contribution in [2.75, 3.05) is 5.32 Å². The highest BCUT2D eigenvalue weighted by atomic mass is 79.9. The number of nitrogens with one attached hydrogen (secondary N) is 1. The van der Waals surface area contributed by atoms with Gasteiger partial charge in [0, 0.05) is 10.9 Å². The van der Waals surface area contributed by atoms with Gasteiger partial charge in [0.15, 0.2) is 0 Å². The van der Waals surface area contributed by atoms with Gasteiger partial charge in [0.25, 0.3) is 0 Å². The Morgan fingerprint density at radius 2 is 2.33 bits per heavy atom. The SMILES string of the molecule is CCc1cnc(CNc2ccc(Br)cc2C#N)o1. The number of aromatic nitrogens is 1. The highest BCUT2D eigenvalue weighted by Gasteiger charge is 2.05. The average molecular weight is 306 g/mol. The smallest absolute Gasteiger partial charge is 0.213 e. The van der Waals surface area contributed by atoms with Gasteiger partial charge in [-0.25, -0.2) is 4.98 Å². The molecule has 0 aliphatic rings. The van der Waals surface area contributed by atoms with E-state index in [1.54, 1.807) is 12.3 Å². The average Bonchev–Trinajstić information content (AvgIpc) is 2.85. The van der Waals surface area contributed by atoms with Gasteiger partial charge in [0.1, 0.15) is 11.8 Å². The zero-order valence-corrected chi connectivity index (χ0v) is 11.5. The van der Waals surface area contributed by atoms with Gasteiger partial charge in [0.2, 0.25) is 5.89 Å². The molecule has 0 saturated heterocycles. The van der Waals surface area contributed by atoms with E-state index in [0.717, 1.165) is 22.3 Å². The van der Waals surface area contributed by atoms with Crippen molar-refractivity contribution < 1.29 is 4.42 Å². The zero-order chi connectivity index (χ0) is 13.0. The predicted octanol–water partition coefficient (Wildman–Crippen LogP) is 3.48. The first-order chi connectivity index (χ1) is 8.72. The van der Waals surface area contributed by atoms with Crippen LogP contribution in [0.1, 0.15) is 24.1 Å². The van der Waals surface area contributed by atoms with Gasteiger partial charge in [-0.2, -0.15) is 5.26 Å². The normalized spacial score (nSPS) is 10.1. The van der Waals surface area contributed by atoms with Crippen molar-refractivity contribution in [3.05, 3.63) is 46.1 Å². The van der Waals surface area contributed by atoms with Gasteiger partial charge in [0.05, 0.1) is 24.0 Å². The number of hydrogen-bond donors (Lipinski definition) is 1. The standard InChI is InChI=1S/C13H12BrN3O/c1-2-11-7-17-13(18-11)8-16-12-4-3-10(14)5-9(12)6-15/h3-5,7,16H,2,8H2,1H3. The molecule has 1 aromatic heterocycles. The van der Waals surface area contributed by atoms with Crippen molar-refractivity contribution in [1.29, 1.82) is 5.26 Å². The molecule has 1 N–H and O–H groups in total. The molecule has 0 bridgehead atoms. The van der Waals surface area contributed by atoms with E-state index in [1.807, 2.05) is 19.1 Å². The molecule has 0 saturated carbocycles.